The fourth-order valence-electron chi connectivity index (χ4n) is 3.76. The van der Waals surface area contributed by atoms with Gasteiger partial charge in [-0.3, -0.25) is 14.8 Å². The van der Waals surface area contributed by atoms with Gasteiger partial charge in [-0.2, -0.15) is 0 Å². The molecule has 0 spiro atoms. The van der Waals surface area contributed by atoms with Gasteiger partial charge in [0.25, 0.3) is 5.91 Å². The summed E-state index contributed by atoms with van der Waals surface area (Å²) < 4.78 is 5.56. The van der Waals surface area contributed by atoms with Gasteiger partial charge < -0.3 is 20.7 Å². The summed E-state index contributed by atoms with van der Waals surface area (Å²) in [7, 11) is 0. The highest BCUT2D eigenvalue weighted by molar-refractivity contribution is 6.05. The lowest BCUT2D eigenvalue weighted by atomic mass is 10.1. The van der Waals surface area contributed by atoms with E-state index in [9.17, 15) is 9.59 Å². The van der Waals surface area contributed by atoms with Gasteiger partial charge in [-0.05, 0) is 60.4 Å². The molecule has 2 amide bonds. The molecule has 0 saturated carbocycles. The highest BCUT2D eigenvalue weighted by Crippen LogP contribution is 2.18. The molecule has 8 heteroatoms. The Morgan fingerprint density at radius 3 is 2.22 bits per heavy atom. The maximum Gasteiger partial charge on any atom is 0.410 e. The number of nitrogens with zero attached hydrogens (tertiary/aromatic N) is 3. The lowest BCUT2D eigenvalue weighted by Crippen LogP contribution is -2.32. The minimum atomic E-state index is -0.406. The zero-order valence-electron chi connectivity index (χ0n) is 20.4. The summed E-state index contributed by atoms with van der Waals surface area (Å²) in [5, 5.41) is 2.82. The monoisotopic (exact) mass is 495 g/mol. The Morgan fingerprint density at radius 2 is 1.54 bits per heavy atom. The van der Waals surface area contributed by atoms with Crippen molar-refractivity contribution >= 4 is 23.4 Å². The van der Waals surface area contributed by atoms with E-state index in [1.807, 2.05) is 48.7 Å². The number of anilines is 2. The molecule has 0 fully saturated rings. The Morgan fingerprint density at radius 1 is 0.838 bits per heavy atom. The number of rotatable bonds is 10. The number of ether oxygens (including phenoxy) is 1. The normalized spacial score (nSPS) is 10.5. The molecule has 0 atom stereocenters. The Bertz CT molecular complexity index is 1300. The number of benzene rings is 2. The third kappa shape index (κ3) is 7.63. The third-order valence-corrected chi connectivity index (χ3v) is 5.76. The number of aryl methyl sites for hydroxylation is 1. The number of nitrogens with one attached hydrogen (secondary N) is 1. The minimum Gasteiger partial charge on any atom is -0.444 e. The van der Waals surface area contributed by atoms with Crippen LogP contribution in [0.3, 0.4) is 0 Å². The zero-order chi connectivity index (χ0) is 25.9. The predicted molar refractivity (Wildman–Crippen MR) is 143 cm³/mol. The van der Waals surface area contributed by atoms with Crippen LogP contribution in [-0.2, 0) is 24.3 Å². The van der Waals surface area contributed by atoms with Crippen molar-refractivity contribution in [3.63, 3.8) is 0 Å². The van der Waals surface area contributed by atoms with Gasteiger partial charge in [0.1, 0.15) is 6.61 Å². The van der Waals surface area contributed by atoms with Crippen molar-refractivity contribution in [2.24, 2.45) is 0 Å². The number of hydrogen-bond donors (Lipinski definition) is 2. The molecule has 0 radical (unpaired) electrons. The van der Waals surface area contributed by atoms with Crippen LogP contribution in [0, 0.1) is 0 Å². The predicted octanol–water partition coefficient (Wildman–Crippen LogP) is 5.08. The van der Waals surface area contributed by atoms with Crippen LogP contribution in [0.15, 0.2) is 97.6 Å². The van der Waals surface area contributed by atoms with E-state index >= 15 is 0 Å². The first kappa shape index (κ1) is 25.4. The van der Waals surface area contributed by atoms with Crippen LogP contribution in [0.1, 0.15) is 33.5 Å². The molecule has 8 nitrogen and oxygen atoms in total. The van der Waals surface area contributed by atoms with E-state index in [0.29, 0.717) is 30.0 Å². The van der Waals surface area contributed by atoms with Crippen molar-refractivity contribution in [3.8, 4) is 0 Å². The highest BCUT2D eigenvalue weighted by atomic mass is 16.6. The maximum atomic E-state index is 13.0. The number of aromatic nitrogens is 2. The maximum absolute atomic E-state index is 13.0. The van der Waals surface area contributed by atoms with Crippen LogP contribution in [0.5, 0.6) is 0 Å². The van der Waals surface area contributed by atoms with Crippen molar-refractivity contribution in [1.29, 1.82) is 0 Å². The van der Waals surface area contributed by atoms with Gasteiger partial charge in [0, 0.05) is 49.0 Å². The first-order chi connectivity index (χ1) is 18.1. The molecule has 0 saturated heterocycles. The number of hydrogen-bond acceptors (Lipinski definition) is 6. The van der Waals surface area contributed by atoms with Crippen LogP contribution in [0.25, 0.3) is 0 Å². The SMILES string of the molecule is Nc1ccccc1NC(=O)c1ccc(CN(CCCc2cccnc2)C(=O)OCc2cccnc2)cc1. The quantitative estimate of drug-likeness (QED) is 0.297. The molecule has 37 heavy (non-hydrogen) atoms. The fourth-order valence-corrected chi connectivity index (χ4v) is 3.76. The highest BCUT2D eigenvalue weighted by Gasteiger charge is 2.16. The molecule has 188 valence electrons. The summed E-state index contributed by atoms with van der Waals surface area (Å²) in [6, 6.07) is 21.8. The molecule has 0 aliphatic rings. The molecule has 4 aromatic rings. The van der Waals surface area contributed by atoms with E-state index in [2.05, 4.69) is 15.3 Å². The van der Waals surface area contributed by atoms with Crippen molar-refractivity contribution in [2.45, 2.75) is 26.0 Å². The molecule has 2 aromatic carbocycles. The minimum absolute atomic E-state index is 0.146. The molecule has 0 aliphatic heterocycles. The van der Waals surface area contributed by atoms with Crippen molar-refractivity contribution in [3.05, 3.63) is 120 Å². The van der Waals surface area contributed by atoms with Crippen molar-refractivity contribution in [1.82, 2.24) is 14.9 Å². The molecule has 0 bridgehead atoms. The van der Waals surface area contributed by atoms with Crippen LogP contribution >= 0.6 is 0 Å². The van der Waals surface area contributed by atoms with Gasteiger partial charge in [0.05, 0.1) is 11.4 Å². The summed E-state index contributed by atoms with van der Waals surface area (Å²) in [6.07, 6.45) is 8.06. The average Bonchev–Trinajstić information content (AvgIpc) is 2.94. The molecule has 2 aromatic heterocycles. The first-order valence-corrected chi connectivity index (χ1v) is 12.0. The van der Waals surface area contributed by atoms with E-state index in [1.54, 1.807) is 53.8 Å². The van der Waals surface area contributed by atoms with Crippen LogP contribution < -0.4 is 11.1 Å². The second-order valence-corrected chi connectivity index (χ2v) is 8.54. The summed E-state index contributed by atoms with van der Waals surface area (Å²) in [5.74, 6) is -0.256. The summed E-state index contributed by atoms with van der Waals surface area (Å²) in [5.41, 5.74) is 10.3. The van der Waals surface area contributed by atoms with Crippen molar-refractivity contribution < 1.29 is 14.3 Å². The Balaban J connectivity index is 1.39. The van der Waals surface area contributed by atoms with Gasteiger partial charge in [-0.15, -0.1) is 0 Å². The van der Waals surface area contributed by atoms with E-state index in [4.69, 9.17) is 10.5 Å². The van der Waals surface area contributed by atoms with Gasteiger partial charge in [0.15, 0.2) is 0 Å². The van der Waals surface area contributed by atoms with Gasteiger partial charge >= 0.3 is 6.09 Å². The lowest BCUT2D eigenvalue weighted by molar-refractivity contribution is 0.0930. The number of nitrogen functional groups attached to an aromatic ring is 1. The molecular formula is C29H29N5O3. The van der Waals surface area contributed by atoms with E-state index < -0.39 is 6.09 Å². The van der Waals surface area contributed by atoms with Crippen LogP contribution in [0.2, 0.25) is 0 Å². The third-order valence-electron chi connectivity index (χ3n) is 5.76. The van der Waals surface area contributed by atoms with E-state index in [1.165, 1.54) is 0 Å². The molecule has 2 heterocycles. The number of para-hydroxylation sites is 2. The number of pyridine rings is 2. The number of carbonyl (C=O) groups excluding carboxylic acids is 2. The van der Waals surface area contributed by atoms with E-state index in [0.717, 1.165) is 29.5 Å². The second kappa shape index (κ2) is 12.8. The summed E-state index contributed by atoms with van der Waals surface area (Å²) in [4.78, 5) is 35.5. The van der Waals surface area contributed by atoms with Gasteiger partial charge in [-0.25, -0.2) is 4.79 Å². The zero-order valence-corrected chi connectivity index (χ0v) is 20.4. The Labute approximate surface area is 216 Å². The molecule has 3 N–H and O–H groups in total. The van der Waals surface area contributed by atoms with Crippen LogP contribution in [0.4, 0.5) is 16.2 Å². The topological polar surface area (TPSA) is 110 Å². The molecule has 0 unspecified atom stereocenters. The van der Waals surface area contributed by atoms with Gasteiger partial charge in [0.2, 0.25) is 0 Å². The average molecular weight is 496 g/mol. The molecule has 4 rings (SSSR count). The summed E-state index contributed by atoms with van der Waals surface area (Å²) >= 11 is 0. The lowest BCUT2D eigenvalue weighted by Gasteiger charge is -2.22. The Kier molecular flexibility index (Phi) is 8.80. The fraction of sp³-hybridized carbons (Fsp3) is 0.172. The number of nitrogens with two attached hydrogens (primary N) is 1. The van der Waals surface area contributed by atoms with Gasteiger partial charge in [-0.1, -0.05) is 36.4 Å². The smallest absolute Gasteiger partial charge is 0.410 e. The Hall–Kier alpha value is -4.72. The first-order valence-electron chi connectivity index (χ1n) is 12.0. The van der Waals surface area contributed by atoms with E-state index in [-0.39, 0.29) is 12.5 Å². The van der Waals surface area contributed by atoms with Crippen LogP contribution in [-0.4, -0.2) is 33.4 Å². The molecular weight excluding hydrogens is 466 g/mol. The van der Waals surface area contributed by atoms with Crippen molar-refractivity contribution in [2.75, 3.05) is 17.6 Å². The number of carbonyl (C=O) groups is 2. The second-order valence-electron chi connectivity index (χ2n) is 8.54. The standard InChI is InChI=1S/C29H29N5O3/c30-26-9-1-2-10-27(26)33-28(35)25-13-11-23(12-14-25)20-34(17-5-8-22-6-3-15-31-18-22)29(36)37-21-24-7-4-16-32-19-24/h1-4,6-7,9-16,18-19H,5,8,17,20-21,30H2,(H,33,35). The number of amides is 2. The summed E-state index contributed by atoms with van der Waals surface area (Å²) in [6.45, 7) is 1.01. The largest absolute Gasteiger partial charge is 0.444 e. The molecule has 0 aliphatic carbocycles.